The normalized spacial score (nSPS) is 35.9. The van der Waals surface area contributed by atoms with Gasteiger partial charge in [0.05, 0.1) is 5.41 Å². The SMILES string of the molecule is CCC1CCCC(NC(=O)C2(CC)CCCNC2)C1. The van der Waals surface area contributed by atoms with Crippen LogP contribution in [0.25, 0.3) is 0 Å². The van der Waals surface area contributed by atoms with Gasteiger partial charge in [-0.25, -0.2) is 0 Å². The molecule has 0 radical (unpaired) electrons. The maximum atomic E-state index is 12.7. The molecule has 1 saturated heterocycles. The van der Waals surface area contributed by atoms with Gasteiger partial charge in [0.15, 0.2) is 0 Å². The van der Waals surface area contributed by atoms with Crippen LogP contribution in [0.3, 0.4) is 0 Å². The summed E-state index contributed by atoms with van der Waals surface area (Å²) in [5.74, 6) is 1.13. The smallest absolute Gasteiger partial charge is 0.227 e. The Bertz CT molecular complexity index is 297. The van der Waals surface area contributed by atoms with Crippen molar-refractivity contribution in [3.05, 3.63) is 0 Å². The number of nitrogens with one attached hydrogen (secondary N) is 2. The molecule has 1 saturated carbocycles. The second-order valence-corrected chi connectivity index (χ2v) is 6.53. The van der Waals surface area contributed by atoms with E-state index in [0.29, 0.717) is 11.9 Å². The van der Waals surface area contributed by atoms with Gasteiger partial charge in [-0.15, -0.1) is 0 Å². The van der Waals surface area contributed by atoms with Crippen LogP contribution in [-0.2, 0) is 4.79 Å². The summed E-state index contributed by atoms with van der Waals surface area (Å²) < 4.78 is 0. The van der Waals surface area contributed by atoms with Crippen molar-refractivity contribution in [2.24, 2.45) is 11.3 Å². The zero-order valence-corrected chi connectivity index (χ0v) is 12.6. The van der Waals surface area contributed by atoms with E-state index in [-0.39, 0.29) is 5.41 Å². The van der Waals surface area contributed by atoms with Crippen molar-refractivity contribution in [2.45, 2.75) is 71.3 Å². The lowest BCUT2D eigenvalue weighted by Gasteiger charge is -2.38. The summed E-state index contributed by atoms with van der Waals surface area (Å²) in [7, 11) is 0. The van der Waals surface area contributed by atoms with Crippen molar-refractivity contribution < 1.29 is 4.79 Å². The van der Waals surface area contributed by atoms with E-state index in [4.69, 9.17) is 0 Å². The third kappa shape index (κ3) is 3.50. The molecule has 2 N–H and O–H groups in total. The second-order valence-electron chi connectivity index (χ2n) is 6.53. The zero-order valence-electron chi connectivity index (χ0n) is 12.6. The molecule has 19 heavy (non-hydrogen) atoms. The van der Waals surface area contributed by atoms with Gasteiger partial charge in [0, 0.05) is 12.6 Å². The fraction of sp³-hybridized carbons (Fsp3) is 0.938. The molecule has 0 aromatic rings. The number of carbonyl (C=O) groups is 1. The standard InChI is InChI=1S/C16H30N2O/c1-3-13-7-5-8-14(11-13)18-15(19)16(4-2)9-6-10-17-12-16/h13-14,17H,3-12H2,1-2H3,(H,18,19). The molecular formula is C16H30N2O. The third-order valence-corrected chi connectivity index (χ3v) is 5.33. The molecule has 110 valence electrons. The predicted octanol–water partition coefficient (Wildman–Crippen LogP) is 2.85. The van der Waals surface area contributed by atoms with Gasteiger partial charge in [0.2, 0.25) is 5.91 Å². The molecule has 3 nitrogen and oxygen atoms in total. The van der Waals surface area contributed by atoms with E-state index in [2.05, 4.69) is 24.5 Å². The predicted molar refractivity (Wildman–Crippen MR) is 79.0 cm³/mol. The molecule has 3 heteroatoms. The lowest BCUT2D eigenvalue weighted by Crippen LogP contribution is -2.53. The number of hydrogen-bond acceptors (Lipinski definition) is 2. The van der Waals surface area contributed by atoms with Gasteiger partial charge in [-0.2, -0.15) is 0 Å². The topological polar surface area (TPSA) is 41.1 Å². The molecule has 1 aliphatic heterocycles. The molecule has 2 rings (SSSR count). The summed E-state index contributed by atoms with van der Waals surface area (Å²) in [4.78, 5) is 12.7. The minimum absolute atomic E-state index is 0.141. The maximum Gasteiger partial charge on any atom is 0.227 e. The number of rotatable bonds is 4. The van der Waals surface area contributed by atoms with Gasteiger partial charge in [-0.3, -0.25) is 4.79 Å². The van der Waals surface area contributed by atoms with E-state index >= 15 is 0 Å². The maximum absolute atomic E-state index is 12.7. The first kappa shape index (κ1) is 14.8. The summed E-state index contributed by atoms with van der Waals surface area (Å²) in [6, 6.07) is 0.427. The first-order valence-corrected chi connectivity index (χ1v) is 8.22. The summed E-state index contributed by atoms with van der Waals surface area (Å²) >= 11 is 0. The summed E-state index contributed by atoms with van der Waals surface area (Å²) in [6.07, 6.45) is 9.38. The zero-order chi connectivity index (χ0) is 13.7. The average Bonchev–Trinajstić information content (AvgIpc) is 2.48. The van der Waals surface area contributed by atoms with Crippen LogP contribution >= 0.6 is 0 Å². The van der Waals surface area contributed by atoms with E-state index in [0.717, 1.165) is 38.3 Å². The lowest BCUT2D eigenvalue weighted by atomic mass is 9.76. The monoisotopic (exact) mass is 266 g/mol. The molecule has 1 aliphatic carbocycles. The van der Waals surface area contributed by atoms with E-state index < -0.39 is 0 Å². The average molecular weight is 266 g/mol. The molecule has 3 atom stereocenters. The quantitative estimate of drug-likeness (QED) is 0.821. The highest BCUT2D eigenvalue weighted by Gasteiger charge is 2.38. The summed E-state index contributed by atoms with van der Waals surface area (Å²) in [5.41, 5.74) is -0.141. The Morgan fingerprint density at radius 1 is 1.32 bits per heavy atom. The Hall–Kier alpha value is -0.570. The molecule has 1 heterocycles. The minimum Gasteiger partial charge on any atom is -0.353 e. The van der Waals surface area contributed by atoms with Crippen LogP contribution in [0.15, 0.2) is 0 Å². The van der Waals surface area contributed by atoms with Gasteiger partial charge >= 0.3 is 0 Å². The fourth-order valence-corrected chi connectivity index (χ4v) is 3.76. The Labute approximate surface area is 117 Å². The first-order chi connectivity index (χ1) is 9.20. The summed E-state index contributed by atoms with van der Waals surface area (Å²) in [6.45, 7) is 6.35. The Morgan fingerprint density at radius 2 is 2.16 bits per heavy atom. The van der Waals surface area contributed by atoms with E-state index in [1.807, 2.05) is 0 Å². The number of piperidine rings is 1. The van der Waals surface area contributed by atoms with Crippen LogP contribution in [0.1, 0.15) is 65.2 Å². The molecule has 2 fully saturated rings. The highest BCUT2D eigenvalue weighted by atomic mass is 16.2. The molecule has 2 aliphatic rings. The van der Waals surface area contributed by atoms with Crippen LogP contribution in [0, 0.1) is 11.3 Å². The van der Waals surface area contributed by atoms with Crippen LogP contribution in [0.4, 0.5) is 0 Å². The Balaban J connectivity index is 1.91. The lowest BCUT2D eigenvalue weighted by molar-refractivity contribution is -0.133. The van der Waals surface area contributed by atoms with Crippen LogP contribution in [0.5, 0.6) is 0 Å². The minimum atomic E-state index is -0.141. The number of carbonyl (C=O) groups excluding carboxylic acids is 1. The van der Waals surface area contributed by atoms with Gasteiger partial charge in [-0.05, 0) is 44.6 Å². The highest BCUT2D eigenvalue weighted by molar-refractivity contribution is 5.83. The van der Waals surface area contributed by atoms with Crippen molar-refractivity contribution in [1.29, 1.82) is 0 Å². The van der Waals surface area contributed by atoms with Crippen molar-refractivity contribution >= 4 is 5.91 Å². The van der Waals surface area contributed by atoms with Crippen LogP contribution < -0.4 is 10.6 Å². The van der Waals surface area contributed by atoms with Gasteiger partial charge in [0.1, 0.15) is 0 Å². The molecule has 3 unspecified atom stereocenters. The van der Waals surface area contributed by atoms with Crippen LogP contribution in [-0.4, -0.2) is 25.0 Å². The van der Waals surface area contributed by atoms with Gasteiger partial charge in [-0.1, -0.05) is 33.1 Å². The van der Waals surface area contributed by atoms with Crippen molar-refractivity contribution in [3.63, 3.8) is 0 Å². The molecule has 1 amide bonds. The molecule has 0 aromatic carbocycles. The third-order valence-electron chi connectivity index (χ3n) is 5.33. The highest BCUT2D eigenvalue weighted by Crippen LogP contribution is 2.32. The Morgan fingerprint density at radius 3 is 2.79 bits per heavy atom. The summed E-state index contributed by atoms with van der Waals surface area (Å²) in [5, 5.41) is 6.77. The Kier molecular flexibility index (Phi) is 5.26. The van der Waals surface area contributed by atoms with E-state index in [9.17, 15) is 4.79 Å². The van der Waals surface area contributed by atoms with Crippen molar-refractivity contribution in [3.8, 4) is 0 Å². The van der Waals surface area contributed by atoms with Crippen molar-refractivity contribution in [1.82, 2.24) is 10.6 Å². The largest absolute Gasteiger partial charge is 0.353 e. The first-order valence-electron chi connectivity index (χ1n) is 8.22. The van der Waals surface area contributed by atoms with Crippen molar-refractivity contribution in [2.75, 3.05) is 13.1 Å². The van der Waals surface area contributed by atoms with E-state index in [1.54, 1.807) is 0 Å². The molecule has 0 bridgehead atoms. The van der Waals surface area contributed by atoms with Crippen LogP contribution in [0.2, 0.25) is 0 Å². The number of hydrogen-bond donors (Lipinski definition) is 2. The second kappa shape index (κ2) is 6.74. The van der Waals surface area contributed by atoms with Gasteiger partial charge in [0.25, 0.3) is 0 Å². The fourth-order valence-electron chi connectivity index (χ4n) is 3.76. The van der Waals surface area contributed by atoms with Gasteiger partial charge < -0.3 is 10.6 Å². The molecule has 0 spiro atoms. The number of amides is 1. The molecular weight excluding hydrogens is 236 g/mol. The van der Waals surface area contributed by atoms with E-state index in [1.165, 1.54) is 32.1 Å². The molecule has 0 aromatic heterocycles.